The summed E-state index contributed by atoms with van der Waals surface area (Å²) in [6, 6.07) is 14.7. The van der Waals surface area contributed by atoms with Crippen molar-refractivity contribution in [2.45, 2.75) is 19.9 Å². The topological polar surface area (TPSA) is 105 Å². The number of fused-ring (bicyclic) bond motifs is 3. The number of amides is 2. The quantitative estimate of drug-likeness (QED) is 0.587. The summed E-state index contributed by atoms with van der Waals surface area (Å²) in [4.78, 5) is 25.1. The summed E-state index contributed by atoms with van der Waals surface area (Å²) in [5, 5.41) is 12.8. The van der Waals surface area contributed by atoms with Crippen molar-refractivity contribution in [1.29, 1.82) is 0 Å². The minimum absolute atomic E-state index is 0.134. The van der Waals surface area contributed by atoms with Crippen molar-refractivity contribution in [3.63, 3.8) is 0 Å². The number of rotatable bonds is 3. The maximum Gasteiger partial charge on any atom is 0.251 e. The van der Waals surface area contributed by atoms with Gasteiger partial charge in [-0.05, 0) is 54.4 Å². The minimum atomic E-state index is -0.190. The molecule has 32 heavy (non-hydrogen) atoms. The molecule has 0 atom stereocenters. The summed E-state index contributed by atoms with van der Waals surface area (Å²) in [6.45, 7) is 3.89. The Morgan fingerprint density at radius 1 is 1.12 bits per heavy atom. The van der Waals surface area contributed by atoms with Gasteiger partial charge in [-0.25, -0.2) is 0 Å². The Labute approximate surface area is 186 Å². The van der Waals surface area contributed by atoms with Gasteiger partial charge in [0.1, 0.15) is 12.4 Å². The molecule has 0 fully saturated rings. The molecule has 2 bridgehead atoms. The van der Waals surface area contributed by atoms with Gasteiger partial charge in [0, 0.05) is 29.8 Å². The van der Waals surface area contributed by atoms with Gasteiger partial charge in [-0.1, -0.05) is 12.1 Å². The Morgan fingerprint density at radius 2 is 2.03 bits per heavy atom. The van der Waals surface area contributed by atoms with E-state index in [1.165, 1.54) is 0 Å². The van der Waals surface area contributed by atoms with Crippen LogP contribution in [0, 0.1) is 6.92 Å². The van der Waals surface area contributed by atoms with E-state index < -0.39 is 0 Å². The number of nitrogens with one attached hydrogen (secondary N) is 3. The third-order valence-electron chi connectivity index (χ3n) is 5.11. The van der Waals surface area contributed by atoms with Crippen LogP contribution in [0.2, 0.25) is 0 Å². The van der Waals surface area contributed by atoms with Crippen molar-refractivity contribution >= 4 is 11.8 Å². The summed E-state index contributed by atoms with van der Waals surface area (Å²) in [7, 11) is 0. The van der Waals surface area contributed by atoms with Crippen LogP contribution < -0.4 is 15.4 Å². The molecule has 1 aromatic heterocycles. The van der Waals surface area contributed by atoms with Gasteiger partial charge in [0.25, 0.3) is 11.8 Å². The van der Waals surface area contributed by atoms with E-state index in [2.05, 4.69) is 20.8 Å². The lowest BCUT2D eigenvalue weighted by molar-refractivity contribution is 0.0865. The Morgan fingerprint density at radius 3 is 2.88 bits per heavy atom. The maximum atomic E-state index is 12.7. The van der Waals surface area contributed by atoms with E-state index in [-0.39, 0.29) is 11.8 Å². The fourth-order valence-corrected chi connectivity index (χ4v) is 3.53. The van der Waals surface area contributed by atoms with E-state index in [0.29, 0.717) is 56.2 Å². The highest BCUT2D eigenvalue weighted by molar-refractivity contribution is 5.95. The molecule has 3 N–H and O–H groups in total. The molecule has 3 aromatic rings. The molecule has 8 heteroatoms. The van der Waals surface area contributed by atoms with Crippen LogP contribution in [0.25, 0.3) is 0 Å². The third kappa shape index (κ3) is 5.53. The Balaban J connectivity index is 1.57. The normalized spacial score (nSPS) is 14.5. The fraction of sp³-hybridized carbons (Fsp3) is 0.292. The van der Waals surface area contributed by atoms with Crippen LogP contribution >= 0.6 is 0 Å². The predicted octanol–water partition coefficient (Wildman–Crippen LogP) is 2.38. The first-order valence-electron chi connectivity index (χ1n) is 10.6. The molecule has 1 aliphatic rings. The smallest absolute Gasteiger partial charge is 0.251 e. The highest BCUT2D eigenvalue weighted by atomic mass is 16.5. The van der Waals surface area contributed by atoms with Crippen LogP contribution in [0.1, 0.15) is 43.2 Å². The average Bonchev–Trinajstić information content (AvgIpc) is 3.22. The van der Waals surface area contributed by atoms with Crippen molar-refractivity contribution < 1.29 is 19.1 Å². The Kier molecular flexibility index (Phi) is 6.81. The summed E-state index contributed by atoms with van der Waals surface area (Å²) in [6.07, 6.45) is 0.525. The van der Waals surface area contributed by atoms with E-state index in [1.807, 2.05) is 43.3 Å². The van der Waals surface area contributed by atoms with E-state index in [1.54, 1.807) is 12.1 Å². The number of hydrogen-bond donors (Lipinski definition) is 3. The van der Waals surface area contributed by atoms with Crippen LogP contribution in [0.5, 0.6) is 5.75 Å². The number of aromatic amines is 1. The third-order valence-corrected chi connectivity index (χ3v) is 5.11. The van der Waals surface area contributed by atoms with Crippen molar-refractivity contribution in [2.75, 3.05) is 26.4 Å². The van der Waals surface area contributed by atoms with Gasteiger partial charge < -0.3 is 20.1 Å². The molecule has 2 aromatic carbocycles. The summed E-state index contributed by atoms with van der Waals surface area (Å²) in [5.41, 5.74) is 4.66. The number of carbonyl (C=O) groups is 2. The summed E-state index contributed by atoms with van der Waals surface area (Å²) >= 11 is 0. The second kappa shape index (κ2) is 10.1. The van der Waals surface area contributed by atoms with Crippen molar-refractivity contribution in [1.82, 2.24) is 20.8 Å². The van der Waals surface area contributed by atoms with Gasteiger partial charge in [0.2, 0.25) is 0 Å². The molecule has 0 unspecified atom stereocenters. The molecule has 1 aliphatic heterocycles. The first-order valence-corrected chi connectivity index (χ1v) is 10.6. The largest absolute Gasteiger partial charge is 0.491 e. The maximum absolute atomic E-state index is 12.7. The van der Waals surface area contributed by atoms with Gasteiger partial charge in [0.15, 0.2) is 0 Å². The second-order valence-electron chi connectivity index (χ2n) is 7.64. The van der Waals surface area contributed by atoms with Gasteiger partial charge in [-0.15, -0.1) is 0 Å². The number of aromatic nitrogens is 2. The lowest BCUT2D eigenvalue weighted by Gasteiger charge is -2.15. The first-order chi connectivity index (χ1) is 15.6. The summed E-state index contributed by atoms with van der Waals surface area (Å²) in [5.74, 6) is 0.370. The highest BCUT2D eigenvalue weighted by Gasteiger charge is 2.14. The fourth-order valence-electron chi connectivity index (χ4n) is 3.53. The molecule has 4 rings (SSSR count). The van der Waals surface area contributed by atoms with Crippen LogP contribution in [-0.4, -0.2) is 48.4 Å². The summed E-state index contributed by atoms with van der Waals surface area (Å²) < 4.78 is 11.5. The molecule has 8 nitrogen and oxygen atoms in total. The van der Waals surface area contributed by atoms with Gasteiger partial charge in [-0.3, -0.25) is 14.7 Å². The van der Waals surface area contributed by atoms with Crippen molar-refractivity contribution in [3.05, 3.63) is 82.2 Å². The Bertz CT molecular complexity index is 1110. The van der Waals surface area contributed by atoms with Crippen LogP contribution in [0.4, 0.5) is 0 Å². The lowest BCUT2D eigenvalue weighted by Crippen LogP contribution is -2.28. The number of nitrogens with zero attached hydrogens (tertiary/aromatic N) is 1. The highest BCUT2D eigenvalue weighted by Crippen LogP contribution is 2.24. The number of H-pyrrole nitrogens is 1. The minimum Gasteiger partial charge on any atom is -0.491 e. The van der Waals surface area contributed by atoms with Gasteiger partial charge in [-0.2, -0.15) is 5.10 Å². The molecular weight excluding hydrogens is 408 g/mol. The number of benzene rings is 2. The van der Waals surface area contributed by atoms with Gasteiger partial charge in [0.05, 0.1) is 25.5 Å². The zero-order chi connectivity index (χ0) is 22.3. The molecular formula is C24H26N4O4. The molecule has 2 heterocycles. The zero-order valence-electron chi connectivity index (χ0n) is 17.9. The Hall–Kier alpha value is -3.65. The molecule has 166 valence electrons. The van der Waals surface area contributed by atoms with Crippen LogP contribution in [0.15, 0.2) is 48.5 Å². The molecule has 0 spiro atoms. The van der Waals surface area contributed by atoms with Crippen molar-refractivity contribution in [2.24, 2.45) is 0 Å². The average molecular weight is 434 g/mol. The van der Waals surface area contributed by atoms with Crippen LogP contribution in [0.3, 0.4) is 0 Å². The molecule has 0 saturated carbocycles. The molecule has 0 radical (unpaired) electrons. The second-order valence-corrected chi connectivity index (χ2v) is 7.64. The number of hydrogen-bond acceptors (Lipinski definition) is 5. The van der Waals surface area contributed by atoms with E-state index in [9.17, 15) is 9.59 Å². The standard InChI is InChI=1S/C24H26N4O4/c1-16-11-21(28-27-16)15-26-24(30)19-5-6-22-20(14-19)13-17-3-2-4-18(12-17)23(29)25-7-8-31-9-10-32-22/h2-6,11-12,14H,7-10,13,15H2,1H3,(H,25,29)(H,26,30)(H,27,28). The number of aryl methyl sites for hydroxylation is 1. The molecule has 0 saturated heterocycles. The number of ether oxygens (including phenoxy) is 2. The predicted molar refractivity (Wildman–Crippen MR) is 119 cm³/mol. The SMILES string of the molecule is Cc1cc(CNC(=O)c2ccc3c(c2)Cc2cccc(c2)C(=O)NCCOCCO3)n[nH]1. The number of carbonyl (C=O) groups excluding carboxylic acids is 2. The monoisotopic (exact) mass is 434 g/mol. The zero-order valence-corrected chi connectivity index (χ0v) is 17.9. The van der Waals surface area contributed by atoms with E-state index >= 15 is 0 Å². The molecule has 2 amide bonds. The molecule has 0 aliphatic carbocycles. The van der Waals surface area contributed by atoms with E-state index in [0.717, 1.165) is 22.5 Å². The van der Waals surface area contributed by atoms with E-state index in [4.69, 9.17) is 9.47 Å². The first kappa shape index (κ1) is 21.6. The van der Waals surface area contributed by atoms with Crippen molar-refractivity contribution in [3.8, 4) is 5.75 Å². The lowest BCUT2D eigenvalue weighted by atomic mass is 9.99. The van der Waals surface area contributed by atoms with Gasteiger partial charge >= 0.3 is 0 Å². The van der Waals surface area contributed by atoms with Crippen LogP contribution in [-0.2, 0) is 17.7 Å².